The van der Waals surface area contributed by atoms with Crippen molar-refractivity contribution in [1.82, 2.24) is 0 Å². The first-order valence-corrected chi connectivity index (χ1v) is 7.77. The van der Waals surface area contributed by atoms with Gasteiger partial charge in [0.05, 0.1) is 5.38 Å². The lowest BCUT2D eigenvalue weighted by Crippen LogP contribution is -2.05. The largest absolute Gasteiger partial charge is 0.207 e. The van der Waals surface area contributed by atoms with Gasteiger partial charge in [0, 0.05) is 6.07 Å². The van der Waals surface area contributed by atoms with Crippen molar-refractivity contribution in [3.05, 3.63) is 70.3 Å². The number of benzene rings is 2. The van der Waals surface area contributed by atoms with Gasteiger partial charge in [0.25, 0.3) is 0 Å². The Morgan fingerprint density at radius 3 is 2.48 bits per heavy atom. The lowest BCUT2D eigenvalue weighted by Gasteiger charge is -2.18. The van der Waals surface area contributed by atoms with Crippen LogP contribution in [0, 0.1) is 11.6 Å². The van der Waals surface area contributed by atoms with Crippen molar-refractivity contribution in [2.75, 3.05) is 0 Å². The molecule has 2 aromatic rings. The predicted molar refractivity (Wildman–Crippen MR) is 81.7 cm³/mol. The highest BCUT2D eigenvalue weighted by atomic mass is 35.5. The zero-order valence-corrected chi connectivity index (χ0v) is 12.5. The summed E-state index contributed by atoms with van der Waals surface area (Å²) in [6.07, 6.45) is 5.06. The third-order valence-electron chi connectivity index (χ3n) is 4.15. The van der Waals surface area contributed by atoms with E-state index in [1.54, 1.807) is 0 Å². The third kappa shape index (κ3) is 3.26. The molecule has 110 valence electrons. The summed E-state index contributed by atoms with van der Waals surface area (Å²) in [4.78, 5) is 0. The SMILES string of the molecule is Fc1ccc(CC(Cl)c2ccc3c(c2)CCCC3)c(F)c1. The molecular formula is C18H17ClF2. The van der Waals surface area contributed by atoms with Gasteiger partial charge in [-0.05, 0) is 60.4 Å². The highest BCUT2D eigenvalue weighted by molar-refractivity contribution is 6.20. The van der Waals surface area contributed by atoms with Crippen molar-refractivity contribution >= 4 is 11.6 Å². The van der Waals surface area contributed by atoms with Crippen LogP contribution in [-0.2, 0) is 19.3 Å². The van der Waals surface area contributed by atoms with Crippen molar-refractivity contribution in [2.24, 2.45) is 0 Å². The summed E-state index contributed by atoms with van der Waals surface area (Å²) in [6, 6.07) is 9.97. The summed E-state index contributed by atoms with van der Waals surface area (Å²) >= 11 is 6.43. The smallest absolute Gasteiger partial charge is 0.129 e. The van der Waals surface area contributed by atoms with Gasteiger partial charge in [-0.15, -0.1) is 11.6 Å². The second-order valence-electron chi connectivity index (χ2n) is 5.64. The van der Waals surface area contributed by atoms with Gasteiger partial charge in [-0.25, -0.2) is 8.78 Å². The molecule has 0 saturated carbocycles. The van der Waals surface area contributed by atoms with E-state index >= 15 is 0 Å². The molecule has 0 heterocycles. The summed E-state index contributed by atoms with van der Waals surface area (Å²) in [6.45, 7) is 0. The molecule has 1 atom stereocenters. The van der Waals surface area contributed by atoms with Crippen LogP contribution in [0.2, 0.25) is 0 Å². The van der Waals surface area contributed by atoms with E-state index in [-0.39, 0.29) is 5.38 Å². The van der Waals surface area contributed by atoms with E-state index in [0.717, 1.165) is 24.5 Å². The average Bonchev–Trinajstić information content (AvgIpc) is 2.49. The number of alkyl halides is 1. The molecule has 0 saturated heterocycles. The van der Waals surface area contributed by atoms with Gasteiger partial charge in [-0.1, -0.05) is 24.3 Å². The lowest BCUT2D eigenvalue weighted by molar-refractivity contribution is 0.570. The molecule has 2 aromatic carbocycles. The first kappa shape index (κ1) is 14.5. The first-order valence-electron chi connectivity index (χ1n) is 7.33. The number of halogens is 3. The Kier molecular flexibility index (Phi) is 4.25. The first-order chi connectivity index (χ1) is 10.1. The van der Waals surface area contributed by atoms with Crippen molar-refractivity contribution in [1.29, 1.82) is 0 Å². The van der Waals surface area contributed by atoms with Gasteiger partial charge >= 0.3 is 0 Å². The maximum atomic E-state index is 13.7. The standard InChI is InChI=1S/C18H17ClF2/c19-17(10-15-7-8-16(20)11-18(15)21)14-6-5-12-3-1-2-4-13(12)9-14/h5-9,11,17H,1-4,10H2. The second kappa shape index (κ2) is 6.15. The summed E-state index contributed by atoms with van der Waals surface area (Å²) < 4.78 is 26.6. The normalized spacial score (nSPS) is 15.6. The highest BCUT2D eigenvalue weighted by Crippen LogP contribution is 2.30. The van der Waals surface area contributed by atoms with Gasteiger partial charge < -0.3 is 0 Å². The molecule has 0 amide bonds. The van der Waals surface area contributed by atoms with Gasteiger partial charge in [-0.2, -0.15) is 0 Å². The second-order valence-corrected chi connectivity index (χ2v) is 6.17. The van der Waals surface area contributed by atoms with E-state index in [9.17, 15) is 8.78 Å². The Hall–Kier alpha value is -1.41. The van der Waals surface area contributed by atoms with Crippen LogP contribution < -0.4 is 0 Å². The maximum Gasteiger partial charge on any atom is 0.129 e. The maximum absolute atomic E-state index is 13.7. The van der Waals surface area contributed by atoms with E-state index in [1.165, 1.54) is 36.1 Å². The molecule has 0 bridgehead atoms. The zero-order valence-electron chi connectivity index (χ0n) is 11.7. The Bertz CT molecular complexity index is 652. The van der Waals surface area contributed by atoms with Crippen LogP contribution in [0.4, 0.5) is 8.78 Å². The van der Waals surface area contributed by atoms with E-state index in [4.69, 9.17) is 11.6 Å². The predicted octanol–water partition coefficient (Wildman–Crippen LogP) is 5.37. The molecule has 0 spiro atoms. The topological polar surface area (TPSA) is 0 Å². The molecule has 1 aliphatic carbocycles. The number of hydrogen-bond donors (Lipinski definition) is 0. The van der Waals surface area contributed by atoms with Gasteiger partial charge in [0.15, 0.2) is 0 Å². The van der Waals surface area contributed by atoms with E-state index in [2.05, 4.69) is 12.1 Å². The fraction of sp³-hybridized carbons (Fsp3) is 0.333. The van der Waals surface area contributed by atoms with Crippen molar-refractivity contribution in [3.8, 4) is 0 Å². The van der Waals surface area contributed by atoms with Gasteiger partial charge in [0.2, 0.25) is 0 Å². The Morgan fingerprint density at radius 2 is 1.71 bits per heavy atom. The third-order valence-corrected chi connectivity index (χ3v) is 4.55. The molecular weight excluding hydrogens is 290 g/mol. The molecule has 3 heteroatoms. The molecule has 3 rings (SSSR count). The highest BCUT2D eigenvalue weighted by Gasteiger charge is 2.15. The van der Waals surface area contributed by atoms with E-state index in [0.29, 0.717) is 12.0 Å². The summed E-state index contributed by atoms with van der Waals surface area (Å²) in [5, 5.41) is -0.294. The molecule has 0 N–H and O–H groups in total. The van der Waals surface area contributed by atoms with Gasteiger partial charge in [-0.3, -0.25) is 0 Å². The Labute approximate surface area is 128 Å². The van der Waals surface area contributed by atoms with Crippen LogP contribution in [0.1, 0.15) is 40.5 Å². The molecule has 0 fully saturated rings. The van der Waals surface area contributed by atoms with E-state index < -0.39 is 11.6 Å². The Balaban J connectivity index is 1.80. The minimum absolute atomic E-state index is 0.294. The van der Waals surface area contributed by atoms with Crippen LogP contribution in [0.3, 0.4) is 0 Å². The molecule has 1 unspecified atom stereocenters. The molecule has 0 aliphatic heterocycles. The van der Waals surface area contributed by atoms with Crippen LogP contribution in [0.5, 0.6) is 0 Å². The van der Waals surface area contributed by atoms with Crippen molar-refractivity contribution in [3.63, 3.8) is 0 Å². The minimum Gasteiger partial charge on any atom is -0.207 e. The van der Waals surface area contributed by atoms with Crippen LogP contribution >= 0.6 is 11.6 Å². The Morgan fingerprint density at radius 1 is 0.952 bits per heavy atom. The fourth-order valence-corrected chi connectivity index (χ4v) is 3.25. The zero-order chi connectivity index (χ0) is 14.8. The van der Waals surface area contributed by atoms with Crippen LogP contribution in [-0.4, -0.2) is 0 Å². The summed E-state index contributed by atoms with van der Waals surface area (Å²) in [5.74, 6) is -1.09. The monoisotopic (exact) mass is 306 g/mol. The average molecular weight is 307 g/mol. The fourth-order valence-electron chi connectivity index (χ4n) is 2.95. The molecule has 1 aliphatic rings. The summed E-state index contributed by atoms with van der Waals surface area (Å²) in [7, 11) is 0. The van der Waals surface area contributed by atoms with Crippen LogP contribution in [0.15, 0.2) is 36.4 Å². The number of fused-ring (bicyclic) bond motifs is 1. The van der Waals surface area contributed by atoms with Gasteiger partial charge in [0.1, 0.15) is 11.6 Å². The molecule has 0 aromatic heterocycles. The number of rotatable bonds is 3. The lowest BCUT2D eigenvalue weighted by atomic mass is 9.89. The molecule has 0 nitrogen and oxygen atoms in total. The van der Waals surface area contributed by atoms with Crippen molar-refractivity contribution in [2.45, 2.75) is 37.5 Å². The molecule has 0 radical (unpaired) electrons. The molecule has 21 heavy (non-hydrogen) atoms. The van der Waals surface area contributed by atoms with Crippen LogP contribution in [0.25, 0.3) is 0 Å². The quantitative estimate of drug-likeness (QED) is 0.669. The van der Waals surface area contributed by atoms with E-state index in [1.807, 2.05) is 6.07 Å². The number of hydrogen-bond acceptors (Lipinski definition) is 0. The summed E-state index contributed by atoms with van der Waals surface area (Å²) in [5.41, 5.74) is 4.24. The number of aryl methyl sites for hydroxylation is 2. The van der Waals surface area contributed by atoms with Crippen molar-refractivity contribution < 1.29 is 8.78 Å². The minimum atomic E-state index is -0.559.